The third-order valence-electron chi connectivity index (χ3n) is 4.50. The third-order valence-corrected chi connectivity index (χ3v) is 4.50. The lowest BCUT2D eigenvalue weighted by Crippen LogP contribution is -2.36. The van der Waals surface area contributed by atoms with Crippen LogP contribution >= 0.6 is 0 Å². The second-order valence-electron chi connectivity index (χ2n) is 6.49. The highest BCUT2D eigenvalue weighted by Crippen LogP contribution is 2.37. The molecule has 0 amide bonds. The molecule has 1 aliphatic heterocycles. The van der Waals surface area contributed by atoms with Gasteiger partial charge in [-0.2, -0.15) is 0 Å². The number of pyridine rings is 1. The Morgan fingerprint density at radius 1 is 1.43 bits per heavy atom. The van der Waals surface area contributed by atoms with E-state index < -0.39 is 0 Å². The summed E-state index contributed by atoms with van der Waals surface area (Å²) in [5.41, 5.74) is 7.98. The van der Waals surface area contributed by atoms with E-state index in [0.29, 0.717) is 18.0 Å². The van der Waals surface area contributed by atoms with Gasteiger partial charge in [-0.05, 0) is 25.1 Å². The molecule has 2 heterocycles. The number of nitrogens with zero attached hydrogens (tertiary/aromatic N) is 1. The van der Waals surface area contributed by atoms with Crippen molar-refractivity contribution in [2.24, 2.45) is 12.5 Å². The number of nitrogen functional groups attached to an aromatic ring is 1. The first-order chi connectivity index (χ1) is 9.81. The van der Waals surface area contributed by atoms with Gasteiger partial charge < -0.3 is 20.4 Å². The Labute approximate surface area is 123 Å². The highest BCUT2D eigenvalue weighted by atomic mass is 16.5. The molecule has 0 fully saturated rings. The van der Waals surface area contributed by atoms with E-state index >= 15 is 0 Å². The first-order valence-corrected chi connectivity index (χ1v) is 7.13. The number of ether oxygens (including phenoxy) is 1. The maximum Gasteiger partial charge on any atom is 0.295 e. The number of aryl methyl sites for hydroxylation is 1. The molecule has 21 heavy (non-hydrogen) atoms. The fourth-order valence-corrected chi connectivity index (χ4v) is 2.61. The first-order valence-electron chi connectivity index (χ1n) is 7.13. The van der Waals surface area contributed by atoms with Gasteiger partial charge in [0.1, 0.15) is 0 Å². The highest BCUT2D eigenvalue weighted by molar-refractivity contribution is 5.96. The standard InChI is InChI=1S/C16H21N3O2/c1-9-16(2,3)8-21-14-13(18-9)11-7-10(17)5-6-12(11)19(4)15(14)20/h5-7,9,18H,8,17H2,1-4H3. The molecule has 1 aromatic heterocycles. The van der Waals surface area contributed by atoms with Gasteiger partial charge in [0, 0.05) is 29.6 Å². The topological polar surface area (TPSA) is 69.3 Å². The highest BCUT2D eigenvalue weighted by Gasteiger charge is 2.33. The minimum absolute atomic E-state index is 0.0727. The number of fused-ring (bicyclic) bond motifs is 3. The summed E-state index contributed by atoms with van der Waals surface area (Å²) >= 11 is 0. The monoisotopic (exact) mass is 287 g/mol. The van der Waals surface area contributed by atoms with Gasteiger partial charge >= 0.3 is 0 Å². The van der Waals surface area contributed by atoms with Crippen LogP contribution in [0.2, 0.25) is 0 Å². The van der Waals surface area contributed by atoms with Gasteiger partial charge in [-0.25, -0.2) is 0 Å². The van der Waals surface area contributed by atoms with Gasteiger partial charge in [0.25, 0.3) is 5.56 Å². The first kappa shape index (κ1) is 13.8. The van der Waals surface area contributed by atoms with E-state index in [4.69, 9.17) is 10.5 Å². The molecule has 112 valence electrons. The summed E-state index contributed by atoms with van der Waals surface area (Å²) in [6.45, 7) is 6.85. The van der Waals surface area contributed by atoms with Crippen LogP contribution in [0.5, 0.6) is 5.75 Å². The van der Waals surface area contributed by atoms with E-state index in [9.17, 15) is 4.79 Å². The summed E-state index contributed by atoms with van der Waals surface area (Å²) in [4.78, 5) is 12.5. The van der Waals surface area contributed by atoms with Crippen molar-refractivity contribution in [2.75, 3.05) is 17.7 Å². The van der Waals surface area contributed by atoms with Crippen LogP contribution < -0.4 is 21.3 Å². The molecular formula is C16H21N3O2. The van der Waals surface area contributed by atoms with Crippen LogP contribution in [-0.2, 0) is 7.05 Å². The number of nitrogens with two attached hydrogens (primary N) is 1. The molecule has 3 N–H and O–H groups in total. The van der Waals surface area contributed by atoms with Crippen molar-refractivity contribution >= 4 is 22.3 Å². The van der Waals surface area contributed by atoms with E-state index in [0.717, 1.165) is 16.6 Å². The van der Waals surface area contributed by atoms with Crippen molar-refractivity contribution in [1.29, 1.82) is 0 Å². The smallest absolute Gasteiger partial charge is 0.295 e. The van der Waals surface area contributed by atoms with Crippen LogP contribution in [0.4, 0.5) is 11.4 Å². The number of anilines is 2. The maximum absolute atomic E-state index is 12.5. The predicted molar refractivity (Wildman–Crippen MR) is 86.0 cm³/mol. The fourth-order valence-electron chi connectivity index (χ4n) is 2.61. The lowest BCUT2D eigenvalue weighted by atomic mass is 9.86. The van der Waals surface area contributed by atoms with Gasteiger partial charge in [0.05, 0.1) is 17.8 Å². The van der Waals surface area contributed by atoms with Crippen molar-refractivity contribution in [1.82, 2.24) is 4.57 Å². The molecule has 3 rings (SSSR count). The van der Waals surface area contributed by atoms with Gasteiger partial charge in [-0.15, -0.1) is 0 Å². The Morgan fingerprint density at radius 3 is 2.86 bits per heavy atom. The van der Waals surface area contributed by atoms with Gasteiger partial charge in [-0.1, -0.05) is 13.8 Å². The minimum Gasteiger partial charge on any atom is -0.486 e. The molecular weight excluding hydrogens is 266 g/mol. The molecule has 0 bridgehead atoms. The van der Waals surface area contributed by atoms with Crippen LogP contribution in [0, 0.1) is 5.41 Å². The molecule has 0 aliphatic carbocycles. The average Bonchev–Trinajstić information content (AvgIpc) is 2.54. The van der Waals surface area contributed by atoms with E-state index in [-0.39, 0.29) is 17.0 Å². The Hall–Kier alpha value is -2.17. The summed E-state index contributed by atoms with van der Waals surface area (Å²) in [6, 6.07) is 5.73. The van der Waals surface area contributed by atoms with Gasteiger partial charge in [-0.3, -0.25) is 4.79 Å². The maximum atomic E-state index is 12.5. The largest absolute Gasteiger partial charge is 0.486 e. The summed E-state index contributed by atoms with van der Waals surface area (Å²) in [5, 5.41) is 4.37. The molecule has 0 radical (unpaired) electrons. The zero-order valence-electron chi connectivity index (χ0n) is 12.9. The average molecular weight is 287 g/mol. The summed E-state index contributed by atoms with van der Waals surface area (Å²) in [6.07, 6.45) is 0. The van der Waals surface area contributed by atoms with Crippen molar-refractivity contribution in [2.45, 2.75) is 26.8 Å². The second-order valence-corrected chi connectivity index (χ2v) is 6.49. The Balaban J connectivity index is 2.35. The third kappa shape index (κ3) is 2.04. The van der Waals surface area contributed by atoms with E-state index in [1.165, 1.54) is 0 Å². The van der Waals surface area contributed by atoms with Crippen LogP contribution in [0.1, 0.15) is 20.8 Å². The van der Waals surface area contributed by atoms with Crippen LogP contribution in [0.15, 0.2) is 23.0 Å². The van der Waals surface area contributed by atoms with Crippen molar-refractivity contribution in [3.63, 3.8) is 0 Å². The lowest BCUT2D eigenvalue weighted by molar-refractivity contribution is 0.171. The predicted octanol–water partition coefficient (Wildman–Crippen LogP) is 2.34. The lowest BCUT2D eigenvalue weighted by Gasteiger charge is -2.29. The van der Waals surface area contributed by atoms with Crippen LogP contribution in [0.25, 0.3) is 10.9 Å². The SMILES string of the molecule is CC1Nc2c(c(=O)n(C)c3ccc(N)cc23)OCC1(C)C. The Bertz CT molecular complexity index is 777. The molecule has 1 aliphatic rings. The fraction of sp³-hybridized carbons (Fsp3) is 0.438. The number of aromatic nitrogens is 1. The molecule has 2 aromatic rings. The summed E-state index contributed by atoms with van der Waals surface area (Å²) < 4.78 is 7.47. The van der Waals surface area contributed by atoms with E-state index in [2.05, 4.69) is 26.1 Å². The van der Waals surface area contributed by atoms with E-state index in [1.807, 2.05) is 12.1 Å². The molecule has 5 heteroatoms. The zero-order valence-corrected chi connectivity index (χ0v) is 12.9. The number of hydrogen-bond donors (Lipinski definition) is 2. The van der Waals surface area contributed by atoms with Crippen molar-refractivity contribution in [3.8, 4) is 5.75 Å². The number of nitrogens with one attached hydrogen (secondary N) is 1. The molecule has 5 nitrogen and oxygen atoms in total. The van der Waals surface area contributed by atoms with Crippen molar-refractivity contribution < 1.29 is 4.74 Å². The molecule has 0 saturated carbocycles. The minimum atomic E-state index is -0.125. The number of benzene rings is 1. The zero-order chi connectivity index (χ0) is 15.4. The molecule has 0 spiro atoms. The number of hydrogen-bond acceptors (Lipinski definition) is 4. The van der Waals surface area contributed by atoms with E-state index in [1.54, 1.807) is 17.7 Å². The normalized spacial score (nSPS) is 20.3. The van der Waals surface area contributed by atoms with Gasteiger partial charge in [0.2, 0.25) is 5.75 Å². The van der Waals surface area contributed by atoms with Crippen LogP contribution in [-0.4, -0.2) is 17.2 Å². The molecule has 1 unspecified atom stereocenters. The summed E-state index contributed by atoms with van der Waals surface area (Å²) in [7, 11) is 1.75. The molecule has 1 atom stereocenters. The van der Waals surface area contributed by atoms with Crippen molar-refractivity contribution in [3.05, 3.63) is 28.6 Å². The Kier molecular flexibility index (Phi) is 2.90. The summed E-state index contributed by atoms with van der Waals surface area (Å²) in [5.74, 6) is 0.382. The van der Waals surface area contributed by atoms with Crippen LogP contribution in [0.3, 0.4) is 0 Å². The Morgan fingerprint density at radius 2 is 2.14 bits per heavy atom. The molecule has 1 aromatic carbocycles. The number of rotatable bonds is 0. The quantitative estimate of drug-likeness (QED) is 0.730. The molecule has 0 saturated heterocycles. The van der Waals surface area contributed by atoms with Gasteiger partial charge in [0.15, 0.2) is 0 Å². The second kappa shape index (κ2) is 4.41.